The average Bonchev–Trinajstić information content (AvgIpc) is 3.34. The Morgan fingerprint density at radius 3 is 2.71 bits per heavy atom. The second kappa shape index (κ2) is 8.57. The maximum atomic E-state index is 13.7. The van der Waals surface area contributed by atoms with Crippen LogP contribution in [0.15, 0.2) is 24.3 Å². The molecule has 2 bridgehead atoms. The highest BCUT2D eigenvalue weighted by molar-refractivity contribution is 9.09. The summed E-state index contributed by atoms with van der Waals surface area (Å²) in [4.78, 5) is 41.7. The molecule has 3 unspecified atom stereocenters. The Bertz CT molecular complexity index is 916. The summed E-state index contributed by atoms with van der Waals surface area (Å²) < 4.78 is -0.749. The lowest BCUT2D eigenvalue weighted by atomic mass is 9.70. The summed E-state index contributed by atoms with van der Waals surface area (Å²) in [6.07, 6.45) is 1.09. The molecule has 0 radical (unpaired) electrons. The number of hydrogen-bond donors (Lipinski definition) is 3. The van der Waals surface area contributed by atoms with Gasteiger partial charge in [0.2, 0.25) is 17.7 Å². The van der Waals surface area contributed by atoms with E-state index in [-0.39, 0.29) is 34.4 Å². The summed E-state index contributed by atoms with van der Waals surface area (Å²) in [5.74, 6) is -1.91. The van der Waals surface area contributed by atoms with Crippen molar-refractivity contribution in [1.82, 2.24) is 10.2 Å². The number of carbonyl (C=O) groups is 3. The molecule has 3 amide bonds. The van der Waals surface area contributed by atoms with Crippen molar-refractivity contribution in [3.63, 3.8) is 0 Å². The molecule has 3 aliphatic rings. The fourth-order valence-corrected chi connectivity index (χ4v) is 9.19. The third kappa shape index (κ3) is 3.39. The first-order valence-electron chi connectivity index (χ1n) is 10.3. The summed E-state index contributed by atoms with van der Waals surface area (Å²) in [6, 6.07) is 5.62. The summed E-state index contributed by atoms with van der Waals surface area (Å²) in [7, 11) is 1.57. The number of hydrogen-bond acceptors (Lipinski definition) is 5. The number of aliphatic hydroxyl groups is 1. The van der Waals surface area contributed by atoms with Crippen LogP contribution in [0.4, 0.5) is 5.69 Å². The Kier molecular flexibility index (Phi) is 6.33. The number of rotatable bonds is 6. The van der Waals surface area contributed by atoms with E-state index >= 15 is 0 Å². The molecule has 3 saturated heterocycles. The van der Waals surface area contributed by atoms with Crippen molar-refractivity contribution in [2.75, 3.05) is 19.0 Å². The van der Waals surface area contributed by atoms with Gasteiger partial charge in [0, 0.05) is 17.1 Å². The lowest BCUT2D eigenvalue weighted by Gasteiger charge is -2.37. The zero-order valence-electron chi connectivity index (χ0n) is 17.2. The molecule has 3 fully saturated rings. The number of alkyl halides is 1. The molecule has 3 aliphatic heterocycles. The van der Waals surface area contributed by atoms with Crippen LogP contribution in [0.1, 0.15) is 19.8 Å². The van der Waals surface area contributed by atoms with E-state index in [1.165, 1.54) is 4.90 Å². The van der Waals surface area contributed by atoms with Gasteiger partial charge in [0.1, 0.15) is 6.04 Å². The fraction of sp³-hybridized carbons (Fsp3) is 0.571. The quantitative estimate of drug-likeness (QED) is 0.490. The highest BCUT2D eigenvalue weighted by Crippen LogP contribution is 2.68. The molecule has 1 aromatic carbocycles. The zero-order valence-corrected chi connectivity index (χ0v) is 20.3. The Balaban J connectivity index is 1.79. The SMILES string of the molecule is CC[C@@H](CO)N1C(=O)[C@@H]2[C@H](C(=O)NC)[C@H]3SC2(CC3Br)C1C(=O)Nc1ccccc1Cl. The van der Waals surface area contributed by atoms with Gasteiger partial charge in [-0.1, -0.05) is 46.6 Å². The minimum Gasteiger partial charge on any atom is -0.394 e. The predicted octanol–water partition coefficient (Wildman–Crippen LogP) is 2.26. The maximum Gasteiger partial charge on any atom is 0.248 e. The molecule has 4 rings (SSSR count). The minimum atomic E-state index is -0.817. The molecule has 1 spiro atoms. The third-order valence-corrected chi connectivity index (χ3v) is 10.3. The maximum absolute atomic E-state index is 13.7. The number of aliphatic hydroxyl groups excluding tert-OH is 1. The molecule has 0 aliphatic carbocycles. The van der Waals surface area contributed by atoms with E-state index in [0.717, 1.165) is 0 Å². The van der Waals surface area contributed by atoms with Crippen LogP contribution in [0.3, 0.4) is 0 Å². The first-order chi connectivity index (χ1) is 14.8. The summed E-state index contributed by atoms with van der Waals surface area (Å²) in [5, 5.41) is 15.9. The number of benzene rings is 1. The van der Waals surface area contributed by atoms with Crippen LogP contribution in [0.5, 0.6) is 0 Å². The molecule has 1 aromatic rings. The molecule has 7 nitrogen and oxygen atoms in total. The van der Waals surface area contributed by atoms with E-state index in [1.807, 2.05) is 6.92 Å². The standard InChI is InChI=1S/C21H25BrClN3O4S/c1-3-10(9-27)26-17(19(29)25-13-7-5-4-6-12(13)23)21-8-11(22)16(31-21)14(18(28)24-2)15(21)20(26)30/h4-7,10-11,14-17,27H,3,8-9H2,1-2H3,(H,24,28)(H,25,29)/t10-,11?,14-,15-,16-,17?,21?/m0/s1. The first kappa shape index (κ1) is 22.9. The topological polar surface area (TPSA) is 98.7 Å². The predicted molar refractivity (Wildman–Crippen MR) is 124 cm³/mol. The summed E-state index contributed by atoms with van der Waals surface area (Å²) in [6.45, 7) is 1.62. The molecule has 10 heteroatoms. The van der Waals surface area contributed by atoms with E-state index in [0.29, 0.717) is 23.6 Å². The monoisotopic (exact) mass is 529 g/mol. The molecule has 31 heavy (non-hydrogen) atoms. The van der Waals surface area contributed by atoms with Crippen molar-refractivity contribution in [2.45, 2.75) is 46.7 Å². The van der Waals surface area contributed by atoms with Crippen LogP contribution >= 0.6 is 39.3 Å². The lowest BCUT2D eigenvalue weighted by molar-refractivity contribution is -0.142. The van der Waals surface area contributed by atoms with Crippen molar-refractivity contribution < 1.29 is 19.5 Å². The van der Waals surface area contributed by atoms with Gasteiger partial charge in [-0.3, -0.25) is 14.4 Å². The van der Waals surface area contributed by atoms with Crippen LogP contribution in [-0.2, 0) is 14.4 Å². The van der Waals surface area contributed by atoms with Crippen molar-refractivity contribution in [1.29, 1.82) is 0 Å². The van der Waals surface area contributed by atoms with Gasteiger partial charge in [-0.15, -0.1) is 11.8 Å². The number of amides is 3. The van der Waals surface area contributed by atoms with Crippen molar-refractivity contribution in [2.24, 2.45) is 11.8 Å². The van der Waals surface area contributed by atoms with Crippen LogP contribution in [0.2, 0.25) is 5.02 Å². The lowest BCUT2D eigenvalue weighted by Crippen LogP contribution is -2.55. The van der Waals surface area contributed by atoms with E-state index < -0.39 is 28.7 Å². The second-order valence-electron chi connectivity index (χ2n) is 8.24. The Morgan fingerprint density at radius 1 is 1.39 bits per heavy atom. The number of likely N-dealkylation sites (tertiary alicyclic amines) is 1. The number of halogens is 2. The number of para-hydroxylation sites is 1. The number of thioether (sulfide) groups is 1. The number of carbonyl (C=O) groups excluding carboxylic acids is 3. The van der Waals surface area contributed by atoms with Crippen LogP contribution in [0, 0.1) is 11.8 Å². The van der Waals surface area contributed by atoms with E-state index in [2.05, 4.69) is 26.6 Å². The molecule has 0 aromatic heterocycles. The molecule has 3 heterocycles. The summed E-state index contributed by atoms with van der Waals surface area (Å²) in [5.41, 5.74) is 0.467. The van der Waals surface area contributed by atoms with E-state index in [4.69, 9.17) is 11.6 Å². The highest BCUT2D eigenvalue weighted by Gasteiger charge is 2.76. The smallest absolute Gasteiger partial charge is 0.248 e. The number of anilines is 1. The minimum absolute atomic E-state index is 0.00798. The Labute approximate surface area is 198 Å². The molecular weight excluding hydrogens is 506 g/mol. The summed E-state index contributed by atoms with van der Waals surface area (Å²) >= 11 is 11.5. The third-order valence-electron chi connectivity index (χ3n) is 6.73. The van der Waals surface area contributed by atoms with Crippen LogP contribution in [-0.4, -0.2) is 68.3 Å². The Hall–Kier alpha value is -1.29. The van der Waals surface area contributed by atoms with Gasteiger partial charge in [-0.25, -0.2) is 0 Å². The largest absolute Gasteiger partial charge is 0.394 e. The molecule has 3 N–H and O–H groups in total. The zero-order chi connectivity index (χ0) is 22.5. The number of nitrogens with one attached hydrogen (secondary N) is 2. The van der Waals surface area contributed by atoms with E-state index in [1.54, 1.807) is 43.1 Å². The van der Waals surface area contributed by atoms with Crippen LogP contribution in [0.25, 0.3) is 0 Å². The fourth-order valence-electron chi connectivity index (χ4n) is 5.40. The second-order valence-corrected chi connectivity index (χ2v) is 11.4. The Morgan fingerprint density at radius 2 is 2.10 bits per heavy atom. The van der Waals surface area contributed by atoms with Gasteiger partial charge >= 0.3 is 0 Å². The van der Waals surface area contributed by atoms with Gasteiger partial charge in [0.05, 0.1) is 39.9 Å². The molecule has 0 saturated carbocycles. The number of fused-ring (bicyclic) bond motifs is 1. The van der Waals surface area contributed by atoms with Crippen molar-refractivity contribution in [3.8, 4) is 0 Å². The average molecular weight is 531 g/mol. The van der Waals surface area contributed by atoms with Gasteiger partial charge in [0.15, 0.2) is 0 Å². The number of nitrogens with zero attached hydrogens (tertiary/aromatic N) is 1. The van der Waals surface area contributed by atoms with Gasteiger partial charge in [0.25, 0.3) is 0 Å². The van der Waals surface area contributed by atoms with Crippen molar-refractivity contribution in [3.05, 3.63) is 29.3 Å². The molecule has 7 atom stereocenters. The van der Waals surface area contributed by atoms with Gasteiger partial charge in [-0.05, 0) is 25.0 Å². The molecule has 168 valence electrons. The van der Waals surface area contributed by atoms with Gasteiger partial charge in [-0.2, -0.15) is 0 Å². The van der Waals surface area contributed by atoms with Crippen molar-refractivity contribution >= 4 is 62.7 Å². The first-order valence-corrected chi connectivity index (χ1v) is 12.5. The normalized spacial score (nSPS) is 34.5. The molecular formula is C21H25BrClN3O4S. The van der Waals surface area contributed by atoms with E-state index in [9.17, 15) is 19.5 Å². The van der Waals surface area contributed by atoms with Crippen LogP contribution < -0.4 is 10.6 Å². The van der Waals surface area contributed by atoms with Gasteiger partial charge < -0.3 is 20.6 Å². The highest BCUT2D eigenvalue weighted by atomic mass is 79.9.